The second-order valence-electron chi connectivity index (χ2n) is 9.28. The minimum atomic E-state index is -0.546. The van der Waals surface area contributed by atoms with E-state index < -0.39 is 6.03 Å². The highest BCUT2D eigenvalue weighted by Crippen LogP contribution is 2.27. The maximum Gasteiger partial charge on any atom is 0.312 e. The quantitative estimate of drug-likeness (QED) is 0.205. The lowest BCUT2D eigenvalue weighted by atomic mass is 9.75. The van der Waals surface area contributed by atoms with E-state index in [1.54, 1.807) is 0 Å². The fraction of sp³-hybridized carbons (Fsp3) is 0.520. The highest BCUT2D eigenvalue weighted by Gasteiger charge is 2.34. The zero-order valence-electron chi connectivity index (χ0n) is 20.2. The van der Waals surface area contributed by atoms with Gasteiger partial charge in [0.2, 0.25) is 0 Å². The van der Waals surface area contributed by atoms with E-state index in [0.717, 1.165) is 24.1 Å². The van der Waals surface area contributed by atoms with Crippen LogP contribution in [0.5, 0.6) is 0 Å². The molecule has 0 saturated carbocycles. The molecule has 0 bridgehead atoms. The number of nitrogens with two attached hydrogens (primary N) is 3. The fourth-order valence-electron chi connectivity index (χ4n) is 4.54. The average Bonchev–Trinajstić information content (AvgIpc) is 3.09. The summed E-state index contributed by atoms with van der Waals surface area (Å²) < 4.78 is 0. The number of hydrogen-bond donors (Lipinski definition) is 5. The normalized spacial score (nSPS) is 17.1. The highest BCUT2D eigenvalue weighted by atomic mass is 16.2. The predicted molar refractivity (Wildman–Crippen MR) is 134 cm³/mol. The number of urea groups is 1. The van der Waals surface area contributed by atoms with E-state index in [1.165, 1.54) is 17.1 Å². The molecular weight excluding hydrogens is 432 g/mol. The number of benzene rings is 1. The van der Waals surface area contributed by atoms with Crippen LogP contribution in [0.4, 0.5) is 10.5 Å². The van der Waals surface area contributed by atoms with Crippen molar-refractivity contribution in [3.05, 3.63) is 48.9 Å². The molecule has 1 aliphatic heterocycles. The molecule has 9 heteroatoms. The van der Waals surface area contributed by atoms with Crippen molar-refractivity contribution in [3.63, 3.8) is 0 Å². The van der Waals surface area contributed by atoms with Crippen LogP contribution in [0.25, 0.3) is 0 Å². The molecule has 8 N–H and O–H groups in total. The lowest BCUT2D eigenvalue weighted by molar-refractivity contribution is -0.136. The van der Waals surface area contributed by atoms with Gasteiger partial charge in [0.1, 0.15) is 0 Å². The molecule has 1 radical (unpaired) electrons. The number of amides is 4. The molecule has 1 aliphatic rings. The van der Waals surface area contributed by atoms with Crippen molar-refractivity contribution in [1.82, 2.24) is 10.2 Å². The van der Waals surface area contributed by atoms with Crippen molar-refractivity contribution >= 4 is 23.5 Å². The number of nitrogens with zero attached hydrogens (tertiary/aromatic N) is 1. The minimum absolute atomic E-state index is 0.0288. The summed E-state index contributed by atoms with van der Waals surface area (Å²) >= 11 is 0. The van der Waals surface area contributed by atoms with Crippen molar-refractivity contribution < 1.29 is 14.4 Å². The van der Waals surface area contributed by atoms with Gasteiger partial charge in [0.15, 0.2) is 0 Å². The third-order valence-corrected chi connectivity index (χ3v) is 6.41. The number of nitrogens with one attached hydrogen (secondary N) is 2. The Hall–Kier alpha value is -2.91. The first-order chi connectivity index (χ1) is 16.1. The topological polar surface area (TPSA) is 157 Å². The largest absolute Gasteiger partial charge is 0.385 e. The summed E-state index contributed by atoms with van der Waals surface area (Å²) in [4.78, 5) is 36.0. The summed E-state index contributed by atoms with van der Waals surface area (Å²) in [6.45, 7) is 9.46. The summed E-state index contributed by atoms with van der Waals surface area (Å²) in [6, 6.07) is 6.77. The minimum Gasteiger partial charge on any atom is -0.385 e. The molecule has 9 nitrogen and oxygen atoms in total. The number of carbonyl (C=O) groups is 3. The summed E-state index contributed by atoms with van der Waals surface area (Å²) in [5, 5.41) is 6.08. The summed E-state index contributed by atoms with van der Waals surface area (Å²) in [5.74, 6) is -0.368. The van der Waals surface area contributed by atoms with Gasteiger partial charge in [0, 0.05) is 49.6 Å². The Labute approximate surface area is 202 Å². The SMILES string of the molecule is [CH2]c1ccc(NC[C@H](CCCNC(N)=O)C(N)[C@@H](C(C)C)C(N)CCN2C(=O)C=CC2=O)cc1. The molecule has 2 unspecified atom stereocenters. The molecule has 0 aliphatic carbocycles. The third-order valence-electron chi connectivity index (χ3n) is 6.41. The number of hydrogen-bond acceptors (Lipinski definition) is 6. The first-order valence-corrected chi connectivity index (χ1v) is 11.8. The van der Waals surface area contributed by atoms with E-state index in [0.29, 0.717) is 19.5 Å². The van der Waals surface area contributed by atoms with Crippen LogP contribution in [0.3, 0.4) is 0 Å². The van der Waals surface area contributed by atoms with Crippen LogP contribution in [0.1, 0.15) is 38.7 Å². The van der Waals surface area contributed by atoms with Gasteiger partial charge in [0.05, 0.1) is 0 Å². The summed E-state index contributed by atoms with van der Waals surface area (Å²) in [7, 11) is 0. The van der Waals surface area contributed by atoms with Crippen LogP contribution < -0.4 is 27.8 Å². The molecule has 0 fully saturated rings. The van der Waals surface area contributed by atoms with Crippen molar-refractivity contribution in [2.75, 3.05) is 25.0 Å². The van der Waals surface area contributed by atoms with Gasteiger partial charge in [-0.1, -0.05) is 26.0 Å². The number of carbonyl (C=O) groups excluding carboxylic acids is 3. The lowest BCUT2D eigenvalue weighted by Gasteiger charge is -2.38. The smallest absolute Gasteiger partial charge is 0.312 e. The molecule has 1 aromatic carbocycles. The van der Waals surface area contributed by atoms with Gasteiger partial charge in [0.25, 0.3) is 11.8 Å². The average molecular weight is 472 g/mol. The standard InChI is InChI=1S/C25H39N6O3/c1-16(2)23(20(26)12-14-31-21(32)10-11-22(31)33)24(27)18(5-4-13-29-25(28)34)15-30-19-8-6-17(3)7-9-19/h6-11,16,18,20,23-24,30H,3-5,12-15,26-27H2,1-2H3,(H3,28,29,34)/t18-,20?,23-,24?/m0/s1. The second kappa shape index (κ2) is 13.1. The summed E-state index contributed by atoms with van der Waals surface area (Å²) in [5.41, 5.74) is 20.5. The maximum atomic E-state index is 11.9. The Morgan fingerprint density at radius 1 is 1.06 bits per heavy atom. The second-order valence-corrected chi connectivity index (χ2v) is 9.28. The Morgan fingerprint density at radius 2 is 1.68 bits per heavy atom. The molecule has 4 amide bonds. The first-order valence-electron chi connectivity index (χ1n) is 11.8. The van der Waals surface area contributed by atoms with E-state index in [9.17, 15) is 14.4 Å². The lowest BCUT2D eigenvalue weighted by Crippen LogP contribution is -2.51. The zero-order valence-corrected chi connectivity index (χ0v) is 20.2. The molecule has 2 rings (SSSR count). The van der Waals surface area contributed by atoms with E-state index in [2.05, 4.69) is 31.4 Å². The number of imide groups is 1. The Kier molecular flexibility index (Phi) is 10.5. The molecule has 187 valence electrons. The zero-order chi connectivity index (χ0) is 25.3. The Bertz CT molecular complexity index is 837. The molecule has 0 spiro atoms. The van der Waals surface area contributed by atoms with E-state index in [4.69, 9.17) is 17.2 Å². The van der Waals surface area contributed by atoms with Crippen molar-refractivity contribution in [1.29, 1.82) is 0 Å². The number of primary amides is 1. The van der Waals surface area contributed by atoms with Crippen molar-refractivity contribution in [2.24, 2.45) is 35.0 Å². The molecular formula is C25H39N6O3. The van der Waals surface area contributed by atoms with Crippen LogP contribution in [-0.4, -0.2) is 54.5 Å². The fourth-order valence-corrected chi connectivity index (χ4v) is 4.54. The maximum absolute atomic E-state index is 11.9. The van der Waals surface area contributed by atoms with Crippen molar-refractivity contribution in [2.45, 2.75) is 45.2 Å². The monoisotopic (exact) mass is 471 g/mol. The van der Waals surface area contributed by atoms with Gasteiger partial charge in [-0.2, -0.15) is 0 Å². The molecule has 0 aromatic heterocycles. The Balaban J connectivity index is 2.06. The van der Waals surface area contributed by atoms with Gasteiger partial charge >= 0.3 is 6.03 Å². The van der Waals surface area contributed by atoms with Crippen LogP contribution in [0.15, 0.2) is 36.4 Å². The summed E-state index contributed by atoms with van der Waals surface area (Å²) in [6.07, 6.45) is 4.53. The predicted octanol–water partition coefficient (Wildman–Crippen LogP) is 1.59. The molecule has 1 heterocycles. The van der Waals surface area contributed by atoms with E-state index in [-0.39, 0.29) is 48.2 Å². The van der Waals surface area contributed by atoms with E-state index >= 15 is 0 Å². The van der Waals surface area contributed by atoms with Crippen molar-refractivity contribution in [3.8, 4) is 0 Å². The van der Waals surface area contributed by atoms with Gasteiger partial charge in [-0.25, -0.2) is 4.79 Å². The first kappa shape index (κ1) is 27.3. The van der Waals surface area contributed by atoms with Gasteiger partial charge in [-0.3, -0.25) is 14.5 Å². The molecule has 34 heavy (non-hydrogen) atoms. The highest BCUT2D eigenvalue weighted by molar-refractivity contribution is 6.12. The van der Waals surface area contributed by atoms with Crippen LogP contribution >= 0.6 is 0 Å². The van der Waals surface area contributed by atoms with Gasteiger partial charge < -0.3 is 27.8 Å². The Morgan fingerprint density at radius 3 is 2.24 bits per heavy atom. The molecule has 4 atom stereocenters. The number of anilines is 1. The number of rotatable bonds is 14. The third kappa shape index (κ3) is 8.14. The van der Waals surface area contributed by atoms with Gasteiger partial charge in [-0.05, 0) is 61.6 Å². The van der Waals surface area contributed by atoms with Gasteiger partial charge in [-0.15, -0.1) is 0 Å². The van der Waals surface area contributed by atoms with Crippen LogP contribution in [0, 0.1) is 24.7 Å². The molecule has 0 saturated heterocycles. The van der Waals surface area contributed by atoms with E-state index in [1.807, 2.05) is 24.3 Å². The molecule has 1 aromatic rings. The van der Waals surface area contributed by atoms with Crippen LogP contribution in [-0.2, 0) is 9.59 Å². The van der Waals surface area contributed by atoms with Crippen LogP contribution in [0.2, 0.25) is 0 Å².